The molecule has 1 aromatic heterocycles. The number of anilines is 1. The van der Waals surface area contributed by atoms with Gasteiger partial charge in [-0.2, -0.15) is 0 Å². The fraction of sp³-hybridized carbons (Fsp3) is 0.476. The summed E-state index contributed by atoms with van der Waals surface area (Å²) in [5.41, 5.74) is 2.33. The van der Waals surface area contributed by atoms with Crippen molar-refractivity contribution in [3.8, 4) is 0 Å². The van der Waals surface area contributed by atoms with E-state index in [-0.39, 0.29) is 12.6 Å². The van der Waals surface area contributed by atoms with E-state index in [0.29, 0.717) is 30.0 Å². The third-order valence-corrected chi connectivity index (χ3v) is 4.92. The van der Waals surface area contributed by atoms with Crippen LogP contribution in [0, 0.1) is 0 Å². The van der Waals surface area contributed by atoms with E-state index in [4.69, 9.17) is 14.2 Å². The largest absolute Gasteiger partial charge is 0.462 e. The Bertz CT molecular complexity index is 860. The minimum atomic E-state index is -0.409. The second-order valence-corrected chi connectivity index (χ2v) is 6.82. The minimum absolute atomic E-state index is 0.289. The number of quaternary nitrogens is 1. The Labute approximate surface area is 170 Å². The van der Waals surface area contributed by atoms with Crippen LogP contribution in [0.5, 0.6) is 0 Å². The predicted octanol–water partition coefficient (Wildman–Crippen LogP) is 0.334. The summed E-state index contributed by atoms with van der Waals surface area (Å²) in [6.07, 6.45) is 1.65. The molecule has 0 spiro atoms. The Balaban J connectivity index is 1.91. The maximum atomic E-state index is 12.5. The molecule has 1 fully saturated rings. The second kappa shape index (κ2) is 10.2. The number of morpholine rings is 1. The maximum Gasteiger partial charge on any atom is 0.346 e. The zero-order valence-electron chi connectivity index (χ0n) is 17.0. The van der Waals surface area contributed by atoms with E-state index < -0.39 is 5.97 Å². The number of nitrogens with one attached hydrogen (secondary N) is 3. The SMILES string of the molecule is CCOC(=O)c1ccc2[nH+]cc(C(=O)OCC)c(NCC[NH+]3CCOCC3)c2c1. The van der Waals surface area contributed by atoms with E-state index >= 15 is 0 Å². The maximum absolute atomic E-state index is 12.5. The van der Waals surface area contributed by atoms with Gasteiger partial charge < -0.3 is 24.4 Å². The first-order valence-corrected chi connectivity index (χ1v) is 10.1. The topological polar surface area (TPSA) is 92.4 Å². The average Bonchev–Trinajstić information content (AvgIpc) is 2.74. The molecule has 156 valence electrons. The van der Waals surface area contributed by atoms with Crippen molar-refractivity contribution in [2.45, 2.75) is 13.8 Å². The van der Waals surface area contributed by atoms with Crippen molar-refractivity contribution in [1.82, 2.24) is 0 Å². The lowest BCUT2D eigenvalue weighted by atomic mass is 10.1. The molecule has 2 heterocycles. The third-order valence-electron chi connectivity index (χ3n) is 4.92. The highest BCUT2D eigenvalue weighted by atomic mass is 16.5. The Morgan fingerprint density at radius 2 is 1.86 bits per heavy atom. The van der Waals surface area contributed by atoms with Crippen LogP contribution in [0.15, 0.2) is 24.4 Å². The van der Waals surface area contributed by atoms with Gasteiger partial charge >= 0.3 is 11.9 Å². The summed E-state index contributed by atoms with van der Waals surface area (Å²) >= 11 is 0. The molecule has 0 amide bonds. The molecule has 0 saturated carbocycles. The number of benzene rings is 1. The van der Waals surface area contributed by atoms with Gasteiger partial charge in [0.2, 0.25) is 5.52 Å². The molecule has 1 aromatic carbocycles. The number of fused-ring (bicyclic) bond motifs is 1. The first kappa shape index (κ1) is 21.0. The number of carbonyl (C=O) groups excluding carboxylic acids is 2. The van der Waals surface area contributed by atoms with Crippen molar-refractivity contribution in [2.24, 2.45) is 0 Å². The lowest BCUT2D eigenvalue weighted by Crippen LogP contribution is -3.14. The number of esters is 2. The second-order valence-electron chi connectivity index (χ2n) is 6.82. The zero-order valence-corrected chi connectivity index (χ0v) is 17.0. The van der Waals surface area contributed by atoms with Crippen LogP contribution < -0.4 is 15.2 Å². The quantitative estimate of drug-likeness (QED) is 0.618. The zero-order chi connectivity index (χ0) is 20.6. The molecule has 1 aliphatic heterocycles. The van der Waals surface area contributed by atoms with E-state index in [2.05, 4.69) is 10.3 Å². The normalized spacial score (nSPS) is 14.6. The molecule has 8 nitrogen and oxygen atoms in total. The molecule has 3 rings (SSSR count). The van der Waals surface area contributed by atoms with Gasteiger partial charge in [0.15, 0.2) is 6.20 Å². The number of pyridine rings is 1. The number of hydrogen-bond donors (Lipinski definition) is 2. The number of aromatic nitrogens is 1. The van der Waals surface area contributed by atoms with Crippen molar-refractivity contribution in [3.05, 3.63) is 35.5 Å². The summed E-state index contributed by atoms with van der Waals surface area (Å²) in [4.78, 5) is 29.3. The molecule has 29 heavy (non-hydrogen) atoms. The van der Waals surface area contributed by atoms with Gasteiger partial charge in [0.05, 0.1) is 56.2 Å². The fourth-order valence-electron chi connectivity index (χ4n) is 3.42. The number of H-pyrrole nitrogens is 1. The molecule has 0 bridgehead atoms. The van der Waals surface area contributed by atoms with E-state index in [0.717, 1.165) is 43.8 Å². The molecule has 3 N–H and O–H groups in total. The molecule has 2 aromatic rings. The lowest BCUT2D eigenvalue weighted by molar-refractivity contribution is -0.906. The highest BCUT2D eigenvalue weighted by Gasteiger charge is 2.22. The number of carbonyl (C=O) groups is 2. The molecular weight excluding hydrogens is 374 g/mol. The number of rotatable bonds is 8. The van der Waals surface area contributed by atoms with Gasteiger partial charge in [-0.25, -0.2) is 14.6 Å². The van der Waals surface area contributed by atoms with Crippen LogP contribution in [-0.4, -0.2) is 64.5 Å². The van der Waals surface area contributed by atoms with Crippen LogP contribution in [0.4, 0.5) is 5.69 Å². The Kier molecular flexibility index (Phi) is 7.37. The summed E-state index contributed by atoms with van der Waals surface area (Å²) in [6.45, 7) is 9.23. The monoisotopic (exact) mass is 403 g/mol. The smallest absolute Gasteiger partial charge is 0.346 e. The van der Waals surface area contributed by atoms with Crippen molar-refractivity contribution in [3.63, 3.8) is 0 Å². The molecule has 1 saturated heterocycles. The first-order chi connectivity index (χ1) is 14.1. The molecule has 0 atom stereocenters. The van der Waals surface area contributed by atoms with Gasteiger partial charge in [-0.3, -0.25) is 0 Å². The van der Waals surface area contributed by atoms with Gasteiger partial charge in [0, 0.05) is 6.07 Å². The lowest BCUT2D eigenvalue weighted by Gasteiger charge is -2.24. The highest BCUT2D eigenvalue weighted by molar-refractivity contribution is 6.05. The molecule has 8 heteroatoms. The van der Waals surface area contributed by atoms with Crippen LogP contribution in [-0.2, 0) is 14.2 Å². The molecule has 0 aliphatic carbocycles. The molecule has 0 unspecified atom stereocenters. The van der Waals surface area contributed by atoms with Gasteiger partial charge in [-0.15, -0.1) is 0 Å². The first-order valence-electron chi connectivity index (χ1n) is 10.1. The summed E-state index contributed by atoms with van der Waals surface area (Å²) in [6, 6.07) is 5.27. The standard InChI is InChI=1S/C21H27N3O5/c1-3-28-20(25)15-5-6-18-16(13-15)19(17(14-23-18)21(26)29-4-2)22-7-8-24-9-11-27-12-10-24/h5-6,13-14H,3-4,7-12H2,1-2H3,(H,22,23)/p+2. The summed E-state index contributed by atoms with van der Waals surface area (Å²) in [5.74, 6) is -0.798. The third kappa shape index (κ3) is 5.21. The van der Waals surface area contributed by atoms with Crippen LogP contribution in [0.1, 0.15) is 34.6 Å². The van der Waals surface area contributed by atoms with E-state index in [1.54, 1.807) is 32.2 Å². The average molecular weight is 403 g/mol. The predicted molar refractivity (Wildman–Crippen MR) is 107 cm³/mol. The van der Waals surface area contributed by atoms with E-state index in [1.807, 2.05) is 6.07 Å². The number of hydrogen-bond acceptors (Lipinski definition) is 6. The fourth-order valence-corrected chi connectivity index (χ4v) is 3.42. The van der Waals surface area contributed by atoms with Crippen molar-refractivity contribution in [1.29, 1.82) is 0 Å². The van der Waals surface area contributed by atoms with Gasteiger partial charge in [-0.05, 0) is 26.0 Å². The minimum Gasteiger partial charge on any atom is -0.462 e. The molecule has 0 radical (unpaired) electrons. The molecule has 1 aliphatic rings. The highest BCUT2D eigenvalue weighted by Crippen LogP contribution is 2.26. The Hall–Kier alpha value is -2.71. The Morgan fingerprint density at radius 1 is 1.14 bits per heavy atom. The van der Waals surface area contributed by atoms with Crippen molar-refractivity contribution < 1.29 is 33.7 Å². The molecular formula is C21H29N3O5+2. The van der Waals surface area contributed by atoms with Crippen molar-refractivity contribution in [2.75, 3.05) is 57.9 Å². The summed E-state index contributed by atoms with van der Waals surface area (Å²) in [7, 11) is 0. The Morgan fingerprint density at radius 3 is 2.59 bits per heavy atom. The summed E-state index contributed by atoms with van der Waals surface area (Å²) < 4.78 is 15.7. The number of ether oxygens (including phenoxy) is 3. The van der Waals surface area contributed by atoms with Crippen LogP contribution in [0.2, 0.25) is 0 Å². The van der Waals surface area contributed by atoms with Crippen LogP contribution in [0.3, 0.4) is 0 Å². The van der Waals surface area contributed by atoms with Crippen molar-refractivity contribution >= 4 is 28.5 Å². The van der Waals surface area contributed by atoms with E-state index in [1.165, 1.54) is 4.90 Å². The van der Waals surface area contributed by atoms with E-state index in [9.17, 15) is 9.59 Å². The van der Waals surface area contributed by atoms with Gasteiger partial charge in [0.25, 0.3) is 0 Å². The summed E-state index contributed by atoms with van der Waals surface area (Å²) in [5, 5.41) is 4.15. The van der Waals surface area contributed by atoms with Gasteiger partial charge in [-0.1, -0.05) is 0 Å². The van der Waals surface area contributed by atoms with Gasteiger partial charge in [0.1, 0.15) is 18.7 Å². The van der Waals surface area contributed by atoms with Crippen LogP contribution >= 0.6 is 0 Å². The van der Waals surface area contributed by atoms with Crippen LogP contribution in [0.25, 0.3) is 10.9 Å². The number of aromatic amines is 1.